The van der Waals surface area contributed by atoms with Gasteiger partial charge in [0.05, 0.1) is 12.7 Å². The van der Waals surface area contributed by atoms with Crippen LogP contribution in [0.2, 0.25) is 0 Å². The van der Waals surface area contributed by atoms with Gasteiger partial charge in [0.15, 0.2) is 5.78 Å². The van der Waals surface area contributed by atoms with Crippen LogP contribution in [0, 0.1) is 34.5 Å². The zero-order valence-corrected chi connectivity index (χ0v) is 15.6. The molecule has 1 heterocycles. The van der Waals surface area contributed by atoms with Gasteiger partial charge >= 0.3 is 0 Å². The fourth-order valence-electron chi connectivity index (χ4n) is 7.81. The van der Waals surface area contributed by atoms with Gasteiger partial charge in [0.1, 0.15) is 5.78 Å². The summed E-state index contributed by atoms with van der Waals surface area (Å²) < 4.78 is 6.24. The van der Waals surface area contributed by atoms with Crippen LogP contribution in [-0.4, -0.2) is 24.3 Å². The van der Waals surface area contributed by atoms with E-state index >= 15 is 0 Å². The third-order valence-corrected chi connectivity index (χ3v) is 8.97. The van der Waals surface area contributed by atoms with Gasteiger partial charge in [0, 0.05) is 24.2 Å². The van der Waals surface area contributed by atoms with Crippen LogP contribution in [-0.2, 0) is 14.3 Å². The lowest BCUT2D eigenvalue weighted by molar-refractivity contribution is -0.130. The summed E-state index contributed by atoms with van der Waals surface area (Å²) in [4.78, 5) is 24.6. The number of rotatable bonds is 2. The van der Waals surface area contributed by atoms with Crippen molar-refractivity contribution in [1.82, 2.24) is 0 Å². The monoisotopic (exact) mass is 342 g/mol. The molecule has 25 heavy (non-hydrogen) atoms. The standard InChI is InChI=1S/C22H30O3/c1-3-19(24)17-5-4-15-14-11-20-18-10-13(23)6-9-22(18,12-25-20)16(14)7-8-21(15,17)2/h10,14-17,20H,3-9,11-12H2,1-2H3/t14?,15?,16?,17?,20-,21+,22+/m1/s1. The van der Waals surface area contributed by atoms with Gasteiger partial charge in [0.25, 0.3) is 0 Å². The Bertz CT molecular complexity index is 664. The maximum atomic E-state index is 12.6. The molecule has 3 saturated carbocycles. The first-order chi connectivity index (χ1) is 12.0. The number of hydrogen-bond acceptors (Lipinski definition) is 3. The minimum absolute atomic E-state index is 0.148. The Hall–Kier alpha value is -0.960. The fraction of sp³-hybridized carbons (Fsp3) is 0.818. The summed E-state index contributed by atoms with van der Waals surface area (Å²) in [5.74, 6) is 3.09. The van der Waals surface area contributed by atoms with Crippen molar-refractivity contribution < 1.29 is 14.3 Å². The van der Waals surface area contributed by atoms with Gasteiger partial charge in [-0.3, -0.25) is 9.59 Å². The van der Waals surface area contributed by atoms with Gasteiger partial charge in [-0.15, -0.1) is 0 Å². The van der Waals surface area contributed by atoms with Gasteiger partial charge in [-0.25, -0.2) is 0 Å². The second-order valence-electron chi connectivity index (χ2n) is 9.63. The van der Waals surface area contributed by atoms with E-state index in [-0.39, 0.29) is 22.9 Å². The minimum atomic E-state index is 0.148. The maximum absolute atomic E-state index is 12.6. The van der Waals surface area contributed by atoms with Crippen LogP contribution >= 0.6 is 0 Å². The molecule has 3 nitrogen and oxygen atoms in total. The van der Waals surface area contributed by atoms with Crippen molar-refractivity contribution in [3.8, 4) is 0 Å². The average molecular weight is 342 g/mol. The molecule has 1 aliphatic heterocycles. The lowest BCUT2D eigenvalue weighted by Crippen LogP contribution is -2.53. The van der Waals surface area contributed by atoms with Crippen LogP contribution in [0.4, 0.5) is 0 Å². The molecule has 0 aromatic heterocycles. The Kier molecular flexibility index (Phi) is 3.43. The van der Waals surface area contributed by atoms with E-state index in [1.54, 1.807) is 0 Å². The molecule has 4 unspecified atom stereocenters. The number of ketones is 2. The molecule has 4 aliphatic carbocycles. The van der Waals surface area contributed by atoms with Crippen molar-refractivity contribution in [3.63, 3.8) is 0 Å². The third-order valence-electron chi connectivity index (χ3n) is 8.97. The summed E-state index contributed by atoms with van der Waals surface area (Å²) in [5, 5.41) is 0. The molecule has 2 bridgehead atoms. The molecule has 0 aromatic carbocycles. The van der Waals surface area contributed by atoms with E-state index in [0.717, 1.165) is 25.9 Å². The summed E-state index contributed by atoms with van der Waals surface area (Å²) in [5.41, 5.74) is 1.69. The summed E-state index contributed by atoms with van der Waals surface area (Å²) in [7, 11) is 0. The Morgan fingerprint density at radius 3 is 2.88 bits per heavy atom. The molecular formula is C22H30O3. The topological polar surface area (TPSA) is 43.4 Å². The molecule has 3 heteroatoms. The first kappa shape index (κ1) is 16.2. The number of ether oxygens (including phenoxy) is 1. The quantitative estimate of drug-likeness (QED) is 0.759. The number of Topliss-reactive ketones (excluding diaryl/α,β-unsaturated/α-hetero) is 1. The van der Waals surface area contributed by atoms with Crippen LogP contribution in [0.25, 0.3) is 0 Å². The molecule has 0 amide bonds. The smallest absolute Gasteiger partial charge is 0.155 e. The SMILES string of the molecule is CCC(=O)C1CCC2C3C[C@H]4OC[C@@]5(CCC(=O)C=C45)C3CC[C@]12C. The predicted octanol–water partition coefficient (Wildman–Crippen LogP) is 4.10. The van der Waals surface area contributed by atoms with Crippen LogP contribution < -0.4 is 0 Å². The second kappa shape index (κ2) is 5.28. The molecule has 0 aromatic rings. The van der Waals surface area contributed by atoms with E-state index in [1.165, 1.54) is 24.8 Å². The summed E-state index contributed by atoms with van der Waals surface area (Å²) >= 11 is 0. The Morgan fingerprint density at radius 2 is 2.08 bits per heavy atom. The third kappa shape index (κ3) is 1.97. The van der Waals surface area contributed by atoms with Crippen LogP contribution in [0.5, 0.6) is 0 Å². The highest BCUT2D eigenvalue weighted by atomic mass is 16.5. The fourth-order valence-corrected chi connectivity index (χ4v) is 7.81. The van der Waals surface area contributed by atoms with Crippen molar-refractivity contribution in [1.29, 1.82) is 0 Å². The number of carbonyl (C=O) groups is 2. The zero-order valence-electron chi connectivity index (χ0n) is 15.6. The van der Waals surface area contributed by atoms with Crippen LogP contribution in [0.3, 0.4) is 0 Å². The second-order valence-corrected chi connectivity index (χ2v) is 9.63. The first-order valence-electron chi connectivity index (χ1n) is 10.4. The van der Waals surface area contributed by atoms with E-state index in [0.29, 0.717) is 42.2 Å². The van der Waals surface area contributed by atoms with E-state index < -0.39 is 0 Å². The van der Waals surface area contributed by atoms with Gasteiger partial charge in [0.2, 0.25) is 0 Å². The molecule has 0 radical (unpaired) electrons. The summed E-state index contributed by atoms with van der Waals surface area (Å²) in [6, 6.07) is 0. The molecule has 4 fully saturated rings. The minimum Gasteiger partial charge on any atom is -0.373 e. The highest BCUT2D eigenvalue weighted by molar-refractivity contribution is 5.92. The van der Waals surface area contributed by atoms with Crippen LogP contribution in [0.15, 0.2) is 11.6 Å². The number of fused-ring (bicyclic) bond motifs is 3. The predicted molar refractivity (Wildman–Crippen MR) is 94.9 cm³/mol. The Morgan fingerprint density at radius 1 is 1.24 bits per heavy atom. The van der Waals surface area contributed by atoms with E-state index in [1.807, 2.05) is 13.0 Å². The van der Waals surface area contributed by atoms with Crippen molar-refractivity contribution in [2.75, 3.05) is 6.61 Å². The maximum Gasteiger partial charge on any atom is 0.155 e. The van der Waals surface area contributed by atoms with Gasteiger partial charge < -0.3 is 4.74 Å². The normalized spacial score (nSPS) is 50.7. The summed E-state index contributed by atoms with van der Waals surface area (Å²) in [6.07, 6.45) is 10.3. The summed E-state index contributed by atoms with van der Waals surface area (Å²) in [6.45, 7) is 5.27. The molecule has 5 aliphatic rings. The molecule has 1 saturated heterocycles. The average Bonchev–Trinajstić information content (AvgIpc) is 3.08. The van der Waals surface area contributed by atoms with E-state index in [4.69, 9.17) is 4.74 Å². The van der Waals surface area contributed by atoms with Gasteiger partial charge in [-0.1, -0.05) is 13.8 Å². The molecule has 7 atom stereocenters. The van der Waals surface area contributed by atoms with Crippen molar-refractivity contribution in [3.05, 3.63) is 11.6 Å². The molecule has 5 rings (SSSR count). The van der Waals surface area contributed by atoms with Gasteiger partial charge in [-0.05, 0) is 73.3 Å². The van der Waals surface area contributed by atoms with E-state index in [2.05, 4.69) is 6.92 Å². The zero-order chi connectivity index (χ0) is 17.4. The van der Waals surface area contributed by atoms with Crippen molar-refractivity contribution in [2.45, 2.75) is 71.3 Å². The van der Waals surface area contributed by atoms with Crippen molar-refractivity contribution in [2.24, 2.45) is 34.5 Å². The van der Waals surface area contributed by atoms with E-state index in [9.17, 15) is 9.59 Å². The Labute approximate surface area is 150 Å². The molecular weight excluding hydrogens is 312 g/mol. The molecule has 136 valence electrons. The molecule has 0 N–H and O–H groups in total. The number of carbonyl (C=O) groups excluding carboxylic acids is 2. The largest absolute Gasteiger partial charge is 0.373 e. The van der Waals surface area contributed by atoms with Crippen LogP contribution in [0.1, 0.15) is 65.2 Å². The number of hydrogen-bond donors (Lipinski definition) is 0. The van der Waals surface area contributed by atoms with Crippen molar-refractivity contribution >= 4 is 11.6 Å². The first-order valence-corrected chi connectivity index (χ1v) is 10.4. The highest BCUT2D eigenvalue weighted by Gasteiger charge is 2.64. The van der Waals surface area contributed by atoms with Gasteiger partial charge in [-0.2, -0.15) is 0 Å². The Balaban J connectivity index is 1.51. The molecule has 0 spiro atoms. The lowest BCUT2D eigenvalue weighted by atomic mass is 9.46. The lowest BCUT2D eigenvalue weighted by Gasteiger charge is -2.56. The highest BCUT2D eigenvalue weighted by Crippen LogP contribution is 2.68.